The lowest BCUT2D eigenvalue weighted by molar-refractivity contribution is -0.223. The van der Waals surface area contributed by atoms with Crippen molar-refractivity contribution < 1.29 is 9.57 Å². The number of unbranched alkanes of at least 4 members (excludes halogenated alkanes) is 1. The molecule has 0 aromatic carbocycles. The predicted molar refractivity (Wildman–Crippen MR) is 71.9 cm³/mol. The highest BCUT2D eigenvalue weighted by Crippen LogP contribution is 2.42. The van der Waals surface area contributed by atoms with Crippen LogP contribution in [0.4, 0.5) is 0 Å². The van der Waals surface area contributed by atoms with Crippen LogP contribution >= 0.6 is 0 Å². The molecule has 0 aromatic heterocycles. The standard InChI is InChI=1S/C14H28N2O2/c1-6-7-8-11-15-18-14(17-11)9-12(2,3)16-13(4,5)10-14/h11,15-16H,6-10H2,1-5H3. The van der Waals surface area contributed by atoms with Crippen LogP contribution < -0.4 is 10.8 Å². The summed E-state index contributed by atoms with van der Waals surface area (Å²) in [6.45, 7) is 11.0. The molecule has 18 heavy (non-hydrogen) atoms. The van der Waals surface area contributed by atoms with Crippen LogP contribution in [-0.2, 0) is 9.57 Å². The van der Waals surface area contributed by atoms with Crippen LogP contribution in [0.5, 0.6) is 0 Å². The van der Waals surface area contributed by atoms with Crippen molar-refractivity contribution in [1.29, 1.82) is 0 Å². The Bertz CT molecular complexity index is 286. The van der Waals surface area contributed by atoms with Gasteiger partial charge in [0.25, 0.3) is 0 Å². The highest BCUT2D eigenvalue weighted by atomic mass is 16.9. The number of hydrogen-bond donors (Lipinski definition) is 2. The fourth-order valence-corrected chi connectivity index (χ4v) is 3.56. The molecule has 0 aromatic rings. The number of nitrogens with one attached hydrogen (secondary N) is 2. The second-order valence-corrected chi connectivity index (χ2v) is 7.13. The van der Waals surface area contributed by atoms with E-state index in [0.717, 1.165) is 19.3 Å². The molecule has 106 valence electrons. The molecule has 2 fully saturated rings. The van der Waals surface area contributed by atoms with Gasteiger partial charge in [-0.3, -0.25) is 4.84 Å². The highest BCUT2D eigenvalue weighted by molar-refractivity contribution is 5.02. The predicted octanol–water partition coefficient (Wildman–Crippen LogP) is 2.69. The lowest BCUT2D eigenvalue weighted by atomic mass is 9.79. The number of hydrogen-bond acceptors (Lipinski definition) is 4. The molecule has 1 unspecified atom stereocenters. The van der Waals surface area contributed by atoms with Gasteiger partial charge in [-0.05, 0) is 40.5 Å². The summed E-state index contributed by atoms with van der Waals surface area (Å²) in [6, 6.07) is 0. The molecule has 0 amide bonds. The van der Waals surface area contributed by atoms with Crippen molar-refractivity contribution in [3.63, 3.8) is 0 Å². The summed E-state index contributed by atoms with van der Waals surface area (Å²) in [5.41, 5.74) is 3.14. The van der Waals surface area contributed by atoms with Crippen LogP contribution in [0.1, 0.15) is 66.7 Å². The molecule has 2 heterocycles. The first-order valence-electron chi connectivity index (χ1n) is 7.17. The van der Waals surface area contributed by atoms with Gasteiger partial charge in [0, 0.05) is 23.9 Å². The molecule has 0 aliphatic carbocycles. The van der Waals surface area contributed by atoms with Crippen molar-refractivity contribution in [3.05, 3.63) is 0 Å². The van der Waals surface area contributed by atoms with E-state index in [2.05, 4.69) is 45.4 Å². The van der Waals surface area contributed by atoms with Gasteiger partial charge in [-0.1, -0.05) is 13.3 Å². The lowest BCUT2D eigenvalue weighted by Crippen LogP contribution is -2.64. The van der Waals surface area contributed by atoms with Gasteiger partial charge in [-0.15, -0.1) is 0 Å². The van der Waals surface area contributed by atoms with E-state index >= 15 is 0 Å². The Morgan fingerprint density at radius 2 is 1.72 bits per heavy atom. The average molecular weight is 256 g/mol. The average Bonchev–Trinajstić information content (AvgIpc) is 2.52. The van der Waals surface area contributed by atoms with E-state index in [4.69, 9.17) is 9.57 Å². The Morgan fingerprint density at radius 1 is 1.11 bits per heavy atom. The molecular weight excluding hydrogens is 228 g/mol. The maximum Gasteiger partial charge on any atom is 0.193 e. The monoisotopic (exact) mass is 256 g/mol. The second kappa shape index (κ2) is 4.75. The van der Waals surface area contributed by atoms with E-state index in [1.54, 1.807) is 0 Å². The van der Waals surface area contributed by atoms with Gasteiger partial charge in [0.2, 0.25) is 0 Å². The zero-order valence-electron chi connectivity index (χ0n) is 12.4. The van der Waals surface area contributed by atoms with Gasteiger partial charge < -0.3 is 10.1 Å². The summed E-state index contributed by atoms with van der Waals surface area (Å²) in [6.07, 6.45) is 5.18. The third-order valence-electron chi connectivity index (χ3n) is 3.65. The summed E-state index contributed by atoms with van der Waals surface area (Å²) in [5.74, 6) is -0.462. The summed E-state index contributed by atoms with van der Waals surface area (Å²) in [7, 11) is 0. The second-order valence-electron chi connectivity index (χ2n) is 7.13. The summed E-state index contributed by atoms with van der Waals surface area (Å²) >= 11 is 0. The smallest absolute Gasteiger partial charge is 0.193 e. The van der Waals surface area contributed by atoms with Crippen molar-refractivity contribution in [1.82, 2.24) is 10.8 Å². The van der Waals surface area contributed by atoms with E-state index in [-0.39, 0.29) is 17.3 Å². The Kier molecular flexibility index (Phi) is 3.76. The van der Waals surface area contributed by atoms with E-state index in [1.165, 1.54) is 12.8 Å². The fraction of sp³-hybridized carbons (Fsp3) is 1.00. The lowest BCUT2D eigenvalue weighted by Gasteiger charge is -2.49. The molecule has 2 N–H and O–H groups in total. The minimum Gasteiger partial charge on any atom is -0.328 e. The van der Waals surface area contributed by atoms with Gasteiger partial charge in [0.05, 0.1) is 0 Å². The van der Waals surface area contributed by atoms with Crippen LogP contribution in [0, 0.1) is 0 Å². The molecule has 2 aliphatic heterocycles. The van der Waals surface area contributed by atoms with Gasteiger partial charge in [0.1, 0.15) is 6.23 Å². The third kappa shape index (κ3) is 3.23. The largest absolute Gasteiger partial charge is 0.328 e. The minimum atomic E-state index is -0.462. The fourth-order valence-electron chi connectivity index (χ4n) is 3.56. The van der Waals surface area contributed by atoms with Crippen LogP contribution in [0.15, 0.2) is 0 Å². The topological polar surface area (TPSA) is 42.5 Å². The normalized spacial score (nSPS) is 32.8. The summed E-state index contributed by atoms with van der Waals surface area (Å²) in [5, 5.41) is 3.65. The molecule has 0 saturated carbocycles. The Labute approximate surface area is 111 Å². The number of ether oxygens (including phenoxy) is 1. The van der Waals surface area contributed by atoms with Gasteiger partial charge in [-0.25, -0.2) is 0 Å². The van der Waals surface area contributed by atoms with Gasteiger partial charge in [0.15, 0.2) is 5.79 Å². The van der Waals surface area contributed by atoms with Crippen LogP contribution in [-0.4, -0.2) is 23.1 Å². The van der Waals surface area contributed by atoms with E-state index in [0.29, 0.717) is 0 Å². The number of piperidine rings is 1. The van der Waals surface area contributed by atoms with E-state index < -0.39 is 5.79 Å². The molecule has 2 rings (SSSR count). The molecule has 2 saturated heterocycles. The molecular formula is C14H28N2O2. The number of hydroxylamine groups is 1. The molecule has 1 spiro atoms. The summed E-state index contributed by atoms with van der Waals surface area (Å²) < 4.78 is 6.19. The first-order valence-corrected chi connectivity index (χ1v) is 7.17. The first-order chi connectivity index (χ1) is 8.26. The van der Waals surface area contributed by atoms with Crippen molar-refractivity contribution in [2.24, 2.45) is 0 Å². The minimum absolute atomic E-state index is 0.0308. The van der Waals surface area contributed by atoms with E-state index in [1.807, 2.05) is 0 Å². The molecule has 0 radical (unpaired) electrons. The Morgan fingerprint density at radius 3 is 2.28 bits per heavy atom. The molecule has 0 bridgehead atoms. The quantitative estimate of drug-likeness (QED) is 0.815. The van der Waals surface area contributed by atoms with Crippen molar-refractivity contribution >= 4 is 0 Å². The molecule has 2 aliphatic rings. The van der Waals surface area contributed by atoms with Gasteiger partial charge in [-0.2, -0.15) is 5.48 Å². The summed E-state index contributed by atoms with van der Waals surface area (Å²) in [4.78, 5) is 5.85. The zero-order chi connectivity index (χ0) is 13.4. The van der Waals surface area contributed by atoms with Gasteiger partial charge >= 0.3 is 0 Å². The first kappa shape index (κ1) is 14.3. The zero-order valence-corrected chi connectivity index (χ0v) is 12.4. The van der Waals surface area contributed by atoms with Crippen LogP contribution in [0.3, 0.4) is 0 Å². The van der Waals surface area contributed by atoms with Crippen molar-refractivity contribution in [2.45, 2.75) is 89.8 Å². The molecule has 4 heteroatoms. The SMILES string of the molecule is CCCCC1NOC2(CC(C)(C)NC(C)(C)C2)O1. The molecule has 4 nitrogen and oxygen atoms in total. The molecule has 1 atom stereocenters. The van der Waals surface area contributed by atoms with Crippen molar-refractivity contribution in [3.8, 4) is 0 Å². The van der Waals surface area contributed by atoms with Crippen molar-refractivity contribution in [2.75, 3.05) is 0 Å². The Balaban J connectivity index is 2.03. The maximum absolute atomic E-state index is 6.19. The van der Waals surface area contributed by atoms with Crippen LogP contribution in [0.25, 0.3) is 0 Å². The van der Waals surface area contributed by atoms with Crippen LogP contribution in [0.2, 0.25) is 0 Å². The Hall–Kier alpha value is -0.160. The third-order valence-corrected chi connectivity index (χ3v) is 3.65. The number of rotatable bonds is 3. The van der Waals surface area contributed by atoms with E-state index in [9.17, 15) is 0 Å². The highest BCUT2D eigenvalue weighted by Gasteiger charge is 2.53. The maximum atomic E-state index is 6.19.